The molecule has 0 fully saturated rings. The van der Waals surface area contributed by atoms with E-state index in [0.29, 0.717) is 0 Å². The molecule has 0 spiro atoms. The van der Waals surface area contributed by atoms with Crippen LogP contribution in [-0.4, -0.2) is 7.11 Å². The lowest BCUT2D eigenvalue weighted by molar-refractivity contribution is 0.409. The first kappa shape index (κ1) is 9.46. The summed E-state index contributed by atoms with van der Waals surface area (Å²) in [5.74, 6) is 1.02. The van der Waals surface area contributed by atoms with Gasteiger partial charge in [-0.15, -0.1) is 0 Å². The van der Waals surface area contributed by atoms with Crippen molar-refractivity contribution in [3.8, 4) is 16.9 Å². The predicted octanol–water partition coefficient (Wildman–Crippen LogP) is 3.46. The number of ether oxygens (including phenoxy) is 1. The van der Waals surface area contributed by atoms with E-state index in [-0.39, 0.29) is 0 Å². The molecule has 0 saturated carbocycles. The monoisotopic (exact) mass is 210 g/mol. The normalized spacial score (nSPS) is 12.8. The minimum Gasteiger partial charge on any atom is -0.496 e. The molecule has 3 rings (SSSR count). The predicted molar refractivity (Wildman–Crippen MR) is 65.8 cm³/mol. The van der Waals surface area contributed by atoms with Crippen LogP contribution in [-0.2, 0) is 12.8 Å². The van der Waals surface area contributed by atoms with Crippen LogP contribution in [0.1, 0.15) is 11.1 Å². The molecule has 0 N–H and O–H groups in total. The topological polar surface area (TPSA) is 9.23 Å². The number of benzene rings is 2. The standard InChI is InChI=1S/C15H14O/c1-16-15-8-4-7-13-12-6-3-2-5-11(12)9-10-14(13)15/h2-8H,9-10H2,1H3. The molecule has 0 heterocycles. The quantitative estimate of drug-likeness (QED) is 0.700. The highest BCUT2D eigenvalue weighted by Gasteiger charge is 2.17. The summed E-state index contributed by atoms with van der Waals surface area (Å²) in [6.45, 7) is 0. The smallest absolute Gasteiger partial charge is 0.122 e. The molecule has 0 amide bonds. The third-order valence-corrected chi connectivity index (χ3v) is 3.30. The summed E-state index contributed by atoms with van der Waals surface area (Å²) >= 11 is 0. The SMILES string of the molecule is COc1cccc2c1CCc1ccccc1-2. The fourth-order valence-corrected chi connectivity index (χ4v) is 2.53. The van der Waals surface area contributed by atoms with Crippen molar-refractivity contribution < 1.29 is 4.74 Å². The Kier molecular flexibility index (Phi) is 2.17. The molecule has 0 saturated heterocycles. The highest BCUT2D eigenvalue weighted by Crippen LogP contribution is 2.37. The lowest BCUT2D eigenvalue weighted by Crippen LogP contribution is -2.05. The molecular formula is C15H14O. The van der Waals surface area contributed by atoms with E-state index in [9.17, 15) is 0 Å². The van der Waals surface area contributed by atoms with Crippen LogP contribution in [0.15, 0.2) is 42.5 Å². The Hall–Kier alpha value is -1.76. The average Bonchev–Trinajstić information content (AvgIpc) is 2.37. The van der Waals surface area contributed by atoms with Gasteiger partial charge in [-0.3, -0.25) is 0 Å². The summed E-state index contributed by atoms with van der Waals surface area (Å²) < 4.78 is 5.43. The minimum absolute atomic E-state index is 1.02. The van der Waals surface area contributed by atoms with Gasteiger partial charge in [0.2, 0.25) is 0 Å². The lowest BCUT2D eigenvalue weighted by Gasteiger charge is -2.21. The van der Waals surface area contributed by atoms with Crippen LogP contribution in [0, 0.1) is 0 Å². The number of hydrogen-bond acceptors (Lipinski definition) is 1. The molecule has 1 heteroatoms. The molecular weight excluding hydrogens is 196 g/mol. The minimum atomic E-state index is 1.02. The van der Waals surface area contributed by atoms with Crippen LogP contribution >= 0.6 is 0 Å². The number of aryl methyl sites for hydroxylation is 1. The van der Waals surface area contributed by atoms with Crippen molar-refractivity contribution in [1.29, 1.82) is 0 Å². The Morgan fingerprint density at radius 2 is 1.69 bits per heavy atom. The summed E-state index contributed by atoms with van der Waals surface area (Å²) in [7, 11) is 1.75. The van der Waals surface area contributed by atoms with Crippen LogP contribution in [0.2, 0.25) is 0 Å². The lowest BCUT2D eigenvalue weighted by atomic mass is 9.85. The van der Waals surface area contributed by atoms with E-state index in [0.717, 1.165) is 18.6 Å². The van der Waals surface area contributed by atoms with E-state index in [2.05, 4.69) is 36.4 Å². The number of rotatable bonds is 1. The summed E-state index contributed by atoms with van der Waals surface area (Å²) in [4.78, 5) is 0. The van der Waals surface area contributed by atoms with Crippen LogP contribution in [0.4, 0.5) is 0 Å². The maximum atomic E-state index is 5.43. The first-order valence-corrected chi connectivity index (χ1v) is 5.64. The molecule has 2 aromatic rings. The molecule has 1 aliphatic rings. The summed E-state index contributed by atoms with van der Waals surface area (Å²) in [5, 5.41) is 0. The Morgan fingerprint density at radius 3 is 2.56 bits per heavy atom. The van der Waals surface area contributed by atoms with Gasteiger partial charge in [0.25, 0.3) is 0 Å². The van der Waals surface area contributed by atoms with Crippen LogP contribution in [0.5, 0.6) is 5.75 Å². The first-order valence-electron chi connectivity index (χ1n) is 5.64. The summed E-state index contributed by atoms with van der Waals surface area (Å²) in [5.41, 5.74) is 5.50. The molecule has 80 valence electrons. The maximum Gasteiger partial charge on any atom is 0.122 e. The molecule has 0 bridgehead atoms. The van der Waals surface area contributed by atoms with Crippen LogP contribution < -0.4 is 4.74 Å². The molecule has 0 radical (unpaired) electrons. The van der Waals surface area contributed by atoms with E-state index in [1.165, 1.54) is 22.3 Å². The van der Waals surface area contributed by atoms with E-state index in [1.54, 1.807) is 7.11 Å². The van der Waals surface area contributed by atoms with Gasteiger partial charge >= 0.3 is 0 Å². The van der Waals surface area contributed by atoms with Crippen LogP contribution in [0.25, 0.3) is 11.1 Å². The molecule has 1 aliphatic carbocycles. The average molecular weight is 210 g/mol. The molecule has 0 aromatic heterocycles. The first-order chi connectivity index (χ1) is 7.90. The van der Waals surface area contributed by atoms with E-state index >= 15 is 0 Å². The number of methoxy groups -OCH3 is 1. The highest BCUT2D eigenvalue weighted by molar-refractivity contribution is 5.75. The van der Waals surface area contributed by atoms with Gasteiger partial charge in [0.05, 0.1) is 7.11 Å². The number of fused-ring (bicyclic) bond motifs is 3. The van der Waals surface area contributed by atoms with Gasteiger partial charge in [0.1, 0.15) is 5.75 Å². The largest absolute Gasteiger partial charge is 0.496 e. The zero-order valence-electron chi connectivity index (χ0n) is 9.36. The molecule has 16 heavy (non-hydrogen) atoms. The fraction of sp³-hybridized carbons (Fsp3) is 0.200. The number of hydrogen-bond donors (Lipinski definition) is 0. The molecule has 1 nitrogen and oxygen atoms in total. The van der Waals surface area contributed by atoms with Gasteiger partial charge in [0, 0.05) is 5.56 Å². The van der Waals surface area contributed by atoms with Crippen molar-refractivity contribution in [3.63, 3.8) is 0 Å². The maximum absolute atomic E-state index is 5.43. The van der Waals surface area contributed by atoms with Crippen molar-refractivity contribution in [2.75, 3.05) is 7.11 Å². The summed E-state index contributed by atoms with van der Waals surface area (Å²) in [6, 6.07) is 14.9. The third kappa shape index (κ3) is 1.32. The van der Waals surface area contributed by atoms with Gasteiger partial charge in [-0.05, 0) is 35.6 Å². The highest BCUT2D eigenvalue weighted by atomic mass is 16.5. The van der Waals surface area contributed by atoms with Gasteiger partial charge < -0.3 is 4.74 Å². The Morgan fingerprint density at radius 1 is 0.875 bits per heavy atom. The van der Waals surface area contributed by atoms with Crippen molar-refractivity contribution >= 4 is 0 Å². The Bertz CT molecular complexity index is 529. The third-order valence-electron chi connectivity index (χ3n) is 3.30. The van der Waals surface area contributed by atoms with Gasteiger partial charge in [-0.1, -0.05) is 36.4 Å². The zero-order chi connectivity index (χ0) is 11.0. The van der Waals surface area contributed by atoms with E-state index < -0.39 is 0 Å². The van der Waals surface area contributed by atoms with E-state index in [1.807, 2.05) is 6.07 Å². The Labute approximate surface area is 95.7 Å². The second-order valence-corrected chi connectivity index (χ2v) is 4.14. The molecule has 0 atom stereocenters. The molecule has 2 aromatic carbocycles. The molecule has 0 unspecified atom stereocenters. The van der Waals surface area contributed by atoms with Gasteiger partial charge in [-0.25, -0.2) is 0 Å². The van der Waals surface area contributed by atoms with Crippen LogP contribution in [0.3, 0.4) is 0 Å². The molecule has 0 aliphatic heterocycles. The zero-order valence-corrected chi connectivity index (χ0v) is 9.36. The van der Waals surface area contributed by atoms with Crippen molar-refractivity contribution in [2.45, 2.75) is 12.8 Å². The second-order valence-electron chi connectivity index (χ2n) is 4.14. The van der Waals surface area contributed by atoms with Crippen molar-refractivity contribution in [3.05, 3.63) is 53.6 Å². The second kappa shape index (κ2) is 3.67. The van der Waals surface area contributed by atoms with Gasteiger partial charge in [0.15, 0.2) is 0 Å². The van der Waals surface area contributed by atoms with Crippen molar-refractivity contribution in [2.24, 2.45) is 0 Å². The summed E-state index contributed by atoms with van der Waals surface area (Å²) in [6.07, 6.45) is 2.19. The van der Waals surface area contributed by atoms with E-state index in [4.69, 9.17) is 4.74 Å². The Balaban J connectivity index is 2.25. The van der Waals surface area contributed by atoms with Gasteiger partial charge in [-0.2, -0.15) is 0 Å². The fourth-order valence-electron chi connectivity index (χ4n) is 2.53. The van der Waals surface area contributed by atoms with Crippen molar-refractivity contribution in [1.82, 2.24) is 0 Å².